The number of hydrogen-bond acceptors (Lipinski definition) is 4. The quantitative estimate of drug-likeness (QED) is 0.712. The van der Waals surface area contributed by atoms with Crippen molar-refractivity contribution < 1.29 is 14.3 Å². The number of aryl methyl sites for hydroxylation is 1. The summed E-state index contributed by atoms with van der Waals surface area (Å²) in [4.78, 5) is 16.2. The van der Waals surface area contributed by atoms with Gasteiger partial charge in [0.15, 0.2) is 0 Å². The first-order valence-corrected chi connectivity index (χ1v) is 9.08. The van der Waals surface area contributed by atoms with Crippen LogP contribution in [0.4, 0.5) is 10.5 Å². The maximum Gasteiger partial charge on any atom is 0.319 e. The number of ether oxygens (including phenoxy) is 2. The summed E-state index contributed by atoms with van der Waals surface area (Å²) in [6.45, 7) is 1.90. The molecule has 6 heteroatoms. The average molecular weight is 355 g/mol. The lowest BCUT2D eigenvalue weighted by Crippen LogP contribution is -2.30. The van der Waals surface area contributed by atoms with Gasteiger partial charge in [0.1, 0.15) is 12.4 Å². The summed E-state index contributed by atoms with van der Waals surface area (Å²) in [6, 6.07) is 11.2. The van der Waals surface area contributed by atoms with Gasteiger partial charge in [0.05, 0.1) is 11.8 Å². The lowest BCUT2D eigenvalue weighted by Gasteiger charge is -2.15. The normalized spacial score (nSPS) is 16.2. The van der Waals surface area contributed by atoms with Gasteiger partial charge in [0, 0.05) is 25.5 Å². The zero-order chi connectivity index (χ0) is 18.0. The van der Waals surface area contributed by atoms with Crippen LogP contribution in [0, 0.1) is 0 Å². The van der Waals surface area contributed by atoms with Crippen molar-refractivity contribution in [1.82, 2.24) is 10.3 Å². The molecule has 1 aliphatic heterocycles. The third-order valence-corrected chi connectivity index (χ3v) is 4.23. The van der Waals surface area contributed by atoms with E-state index in [0.717, 1.165) is 32.3 Å². The van der Waals surface area contributed by atoms with Gasteiger partial charge in [0.25, 0.3) is 0 Å². The van der Waals surface area contributed by atoms with Crippen molar-refractivity contribution in [1.29, 1.82) is 0 Å². The fourth-order valence-electron chi connectivity index (χ4n) is 2.86. The molecule has 1 saturated heterocycles. The highest BCUT2D eigenvalue weighted by Crippen LogP contribution is 2.25. The fraction of sp³-hybridized carbons (Fsp3) is 0.400. The Morgan fingerprint density at radius 1 is 1.27 bits per heavy atom. The molecule has 0 spiro atoms. The highest BCUT2D eigenvalue weighted by molar-refractivity contribution is 5.90. The minimum absolute atomic E-state index is 0.143. The Labute approximate surface area is 153 Å². The molecule has 1 aromatic heterocycles. The maximum absolute atomic E-state index is 12.1. The molecule has 138 valence electrons. The van der Waals surface area contributed by atoms with Crippen molar-refractivity contribution in [3.05, 3.63) is 54.4 Å². The Kier molecular flexibility index (Phi) is 6.84. The number of pyridine rings is 1. The second-order valence-electron chi connectivity index (χ2n) is 6.29. The Hall–Kier alpha value is -2.60. The first-order valence-electron chi connectivity index (χ1n) is 9.08. The number of carbonyl (C=O) groups is 1. The van der Waals surface area contributed by atoms with Gasteiger partial charge in [-0.05, 0) is 49.4 Å². The van der Waals surface area contributed by atoms with Crippen LogP contribution in [0.15, 0.2) is 48.8 Å². The number of para-hydroxylation sites is 2. The molecule has 1 unspecified atom stereocenters. The van der Waals surface area contributed by atoms with E-state index in [0.29, 0.717) is 24.6 Å². The molecule has 26 heavy (non-hydrogen) atoms. The summed E-state index contributed by atoms with van der Waals surface area (Å²) in [6.07, 6.45) is 7.59. The number of rotatable bonds is 8. The largest absolute Gasteiger partial charge is 0.489 e. The van der Waals surface area contributed by atoms with E-state index in [1.54, 1.807) is 6.20 Å². The van der Waals surface area contributed by atoms with Crippen LogP contribution in [0.1, 0.15) is 24.8 Å². The number of nitrogens with zero attached hydrogens (tertiary/aromatic N) is 1. The van der Waals surface area contributed by atoms with Crippen LogP contribution in [-0.2, 0) is 11.2 Å². The van der Waals surface area contributed by atoms with Crippen LogP contribution in [0.3, 0.4) is 0 Å². The van der Waals surface area contributed by atoms with Gasteiger partial charge in [-0.1, -0.05) is 18.2 Å². The molecule has 6 nitrogen and oxygen atoms in total. The molecule has 0 radical (unpaired) electrons. The summed E-state index contributed by atoms with van der Waals surface area (Å²) in [5, 5.41) is 5.73. The predicted octanol–water partition coefficient (Wildman–Crippen LogP) is 3.39. The van der Waals surface area contributed by atoms with E-state index in [2.05, 4.69) is 15.6 Å². The summed E-state index contributed by atoms with van der Waals surface area (Å²) in [7, 11) is 0. The molecule has 2 amide bonds. The molecule has 0 bridgehead atoms. The average Bonchev–Trinajstić information content (AvgIpc) is 3.19. The van der Waals surface area contributed by atoms with Gasteiger partial charge in [0.2, 0.25) is 0 Å². The standard InChI is InChI=1S/C20H25N3O3/c24-20(22-12-4-7-16-6-3-11-21-14-16)23-18-9-1-2-10-19(18)26-15-17-8-5-13-25-17/h1-3,6,9-11,14,17H,4-5,7-8,12-13,15H2,(H2,22,23,24). The monoisotopic (exact) mass is 355 g/mol. The SMILES string of the molecule is O=C(NCCCc1cccnc1)Nc1ccccc1OCC1CCCO1. The number of hydrogen-bond donors (Lipinski definition) is 2. The summed E-state index contributed by atoms with van der Waals surface area (Å²) >= 11 is 0. The van der Waals surface area contributed by atoms with E-state index < -0.39 is 0 Å². The number of carbonyl (C=O) groups excluding carboxylic acids is 1. The van der Waals surface area contributed by atoms with E-state index in [4.69, 9.17) is 9.47 Å². The summed E-state index contributed by atoms with van der Waals surface area (Å²) < 4.78 is 11.4. The molecule has 2 aromatic rings. The first kappa shape index (κ1) is 18.2. The smallest absolute Gasteiger partial charge is 0.319 e. The van der Waals surface area contributed by atoms with Gasteiger partial charge in [-0.25, -0.2) is 4.79 Å². The van der Waals surface area contributed by atoms with Crippen molar-refractivity contribution in [2.75, 3.05) is 25.1 Å². The Morgan fingerprint density at radius 2 is 2.19 bits per heavy atom. The van der Waals surface area contributed by atoms with Crippen molar-refractivity contribution in [2.24, 2.45) is 0 Å². The van der Waals surface area contributed by atoms with Crippen LogP contribution < -0.4 is 15.4 Å². The number of aromatic nitrogens is 1. The minimum Gasteiger partial charge on any atom is -0.489 e. The van der Waals surface area contributed by atoms with Gasteiger partial charge in [-0.15, -0.1) is 0 Å². The Bertz CT molecular complexity index is 688. The molecular weight excluding hydrogens is 330 g/mol. The minimum atomic E-state index is -0.232. The molecule has 2 heterocycles. The lowest BCUT2D eigenvalue weighted by molar-refractivity contribution is 0.0682. The molecule has 3 rings (SSSR count). The maximum atomic E-state index is 12.1. The molecular formula is C20H25N3O3. The van der Waals surface area contributed by atoms with Crippen molar-refractivity contribution >= 4 is 11.7 Å². The van der Waals surface area contributed by atoms with Gasteiger partial charge in [-0.2, -0.15) is 0 Å². The van der Waals surface area contributed by atoms with E-state index in [-0.39, 0.29) is 12.1 Å². The van der Waals surface area contributed by atoms with Crippen LogP contribution in [0.5, 0.6) is 5.75 Å². The molecule has 0 saturated carbocycles. The predicted molar refractivity (Wildman–Crippen MR) is 100 cm³/mol. The molecule has 1 atom stereocenters. The summed E-state index contributed by atoms with van der Waals surface area (Å²) in [5.74, 6) is 0.661. The Morgan fingerprint density at radius 3 is 3.00 bits per heavy atom. The van der Waals surface area contributed by atoms with E-state index in [1.807, 2.05) is 42.6 Å². The third-order valence-electron chi connectivity index (χ3n) is 4.23. The van der Waals surface area contributed by atoms with Gasteiger partial charge >= 0.3 is 6.03 Å². The first-order chi connectivity index (χ1) is 12.8. The molecule has 0 aliphatic carbocycles. The topological polar surface area (TPSA) is 72.5 Å². The number of anilines is 1. The molecule has 1 aromatic carbocycles. The zero-order valence-corrected chi connectivity index (χ0v) is 14.8. The van der Waals surface area contributed by atoms with Crippen molar-refractivity contribution in [2.45, 2.75) is 31.8 Å². The summed E-state index contributed by atoms with van der Waals surface area (Å²) in [5.41, 5.74) is 1.83. The number of amides is 2. The van der Waals surface area contributed by atoms with Crippen LogP contribution in [0.2, 0.25) is 0 Å². The van der Waals surface area contributed by atoms with Crippen molar-refractivity contribution in [3.8, 4) is 5.75 Å². The zero-order valence-electron chi connectivity index (χ0n) is 14.8. The van der Waals surface area contributed by atoms with Crippen LogP contribution in [-0.4, -0.2) is 36.9 Å². The van der Waals surface area contributed by atoms with E-state index >= 15 is 0 Å². The number of nitrogens with one attached hydrogen (secondary N) is 2. The number of benzene rings is 1. The highest BCUT2D eigenvalue weighted by atomic mass is 16.5. The second kappa shape index (κ2) is 9.77. The van der Waals surface area contributed by atoms with E-state index in [1.165, 1.54) is 5.56 Å². The molecule has 2 N–H and O–H groups in total. The lowest BCUT2D eigenvalue weighted by atomic mass is 10.1. The highest BCUT2D eigenvalue weighted by Gasteiger charge is 2.17. The Balaban J connectivity index is 1.41. The van der Waals surface area contributed by atoms with E-state index in [9.17, 15) is 4.79 Å². The third kappa shape index (κ3) is 5.74. The van der Waals surface area contributed by atoms with Crippen LogP contribution >= 0.6 is 0 Å². The molecule has 1 fully saturated rings. The second-order valence-corrected chi connectivity index (χ2v) is 6.29. The fourth-order valence-corrected chi connectivity index (χ4v) is 2.86. The molecule has 1 aliphatic rings. The van der Waals surface area contributed by atoms with Crippen LogP contribution in [0.25, 0.3) is 0 Å². The van der Waals surface area contributed by atoms with Gasteiger partial charge < -0.3 is 20.1 Å². The van der Waals surface area contributed by atoms with Crippen molar-refractivity contribution in [3.63, 3.8) is 0 Å². The van der Waals surface area contributed by atoms with Gasteiger partial charge in [-0.3, -0.25) is 4.98 Å². The number of urea groups is 1.